The van der Waals surface area contributed by atoms with E-state index in [0.717, 1.165) is 77.0 Å². The molecular formula is C38H61N3O3. The predicted molar refractivity (Wildman–Crippen MR) is 182 cm³/mol. The van der Waals surface area contributed by atoms with Crippen molar-refractivity contribution in [3.8, 4) is 0 Å². The average Bonchev–Trinajstić information content (AvgIpc) is 2.96. The van der Waals surface area contributed by atoms with Crippen molar-refractivity contribution in [1.82, 2.24) is 0 Å². The first-order valence-corrected chi connectivity index (χ1v) is 17.7. The van der Waals surface area contributed by atoms with Crippen LogP contribution in [0, 0.1) is 52.3 Å². The molecule has 0 heterocycles. The van der Waals surface area contributed by atoms with Crippen LogP contribution < -0.4 is 16.0 Å². The molecule has 0 bridgehead atoms. The molecule has 3 fully saturated rings. The number of amides is 3. The maximum Gasteiger partial charge on any atom is 0.227 e. The van der Waals surface area contributed by atoms with Crippen LogP contribution in [0.3, 0.4) is 0 Å². The highest BCUT2D eigenvalue weighted by Crippen LogP contribution is 2.42. The van der Waals surface area contributed by atoms with Gasteiger partial charge in [0.05, 0.1) is 0 Å². The third-order valence-electron chi connectivity index (χ3n) is 11.5. The number of carbonyl (C=O) groups excluding carboxylic acids is 3. The van der Waals surface area contributed by atoms with E-state index in [2.05, 4.69) is 71.3 Å². The third kappa shape index (κ3) is 9.33. The minimum atomic E-state index is -0.0148. The number of benzene rings is 1. The van der Waals surface area contributed by atoms with Gasteiger partial charge in [0, 0.05) is 34.8 Å². The van der Waals surface area contributed by atoms with Gasteiger partial charge in [-0.05, 0) is 130 Å². The van der Waals surface area contributed by atoms with Gasteiger partial charge in [-0.2, -0.15) is 0 Å². The van der Waals surface area contributed by atoms with Crippen molar-refractivity contribution in [3.05, 3.63) is 18.2 Å². The topological polar surface area (TPSA) is 87.3 Å². The minimum absolute atomic E-state index is 0.00251. The van der Waals surface area contributed by atoms with E-state index in [0.29, 0.717) is 40.7 Å². The molecule has 0 radical (unpaired) electrons. The second kappa shape index (κ2) is 14.4. The lowest BCUT2D eigenvalue weighted by Crippen LogP contribution is -2.32. The molecule has 1 aromatic carbocycles. The van der Waals surface area contributed by atoms with E-state index >= 15 is 0 Å². The van der Waals surface area contributed by atoms with Crippen LogP contribution >= 0.6 is 0 Å². The molecule has 3 amide bonds. The number of carbonyl (C=O) groups is 3. The Hall–Kier alpha value is -2.37. The minimum Gasteiger partial charge on any atom is -0.326 e. The van der Waals surface area contributed by atoms with Crippen molar-refractivity contribution in [2.24, 2.45) is 52.3 Å². The molecule has 0 aliphatic heterocycles. The molecule has 0 aromatic heterocycles. The molecular weight excluding hydrogens is 546 g/mol. The van der Waals surface area contributed by atoms with Gasteiger partial charge in [-0.25, -0.2) is 0 Å². The summed E-state index contributed by atoms with van der Waals surface area (Å²) in [6.07, 6.45) is 11.8. The van der Waals surface area contributed by atoms with Gasteiger partial charge >= 0.3 is 0 Å². The summed E-state index contributed by atoms with van der Waals surface area (Å²) in [7, 11) is 0. The summed E-state index contributed by atoms with van der Waals surface area (Å²) in [5, 5.41) is 9.45. The number of nitrogens with one attached hydrogen (secondary N) is 3. The molecule has 3 aliphatic rings. The van der Waals surface area contributed by atoms with Gasteiger partial charge in [0.1, 0.15) is 0 Å². The fraction of sp³-hybridized carbons (Fsp3) is 0.763. The van der Waals surface area contributed by atoms with Gasteiger partial charge in [-0.15, -0.1) is 0 Å². The van der Waals surface area contributed by atoms with Crippen molar-refractivity contribution in [3.63, 3.8) is 0 Å². The first-order chi connectivity index (χ1) is 20.6. The van der Waals surface area contributed by atoms with Crippen molar-refractivity contribution >= 4 is 34.8 Å². The molecule has 0 unspecified atom stereocenters. The summed E-state index contributed by atoms with van der Waals surface area (Å²) >= 11 is 0. The van der Waals surface area contributed by atoms with Gasteiger partial charge in [0.25, 0.3) is 0 Å². The molecule has 6 nitrogen and oxygen atoms in total. The van der Waals surface area contributed by atoms with Gasteiger partial charge < -0.3 is 16.0 Å². The predicted octanol–water partition coefficient (Wildman–Crippen LogP) is 9.67. The Morgan fingerprint density at radius 3 is 1.05 bits per heavy atom. The van der Waals surface area contributed by atoms with Crippen molar-refractivity contribution < 1.29 is 14.4 Å². The Morgan fingerprint density at radius 2 is 0.795 bits per heavy atom. The molecule has 246 valence electrons. The van der Waals surface area contributed by atoms with Gasteiger partial charge in [-0.1, -0.05) is 55.4 Å². The molecule has 4 rings (SSSR count). The van der Waals surface area contributed by atoms with Crippen LogP contribution in [-0.4, -0.2) is 17.7 Å². The van der Waals surface area contributed by atoms with Crippen molar-refractivity contribution in [2.45, 2.75) is 132 Å². The summed E-state index contributed by atoms with van der Waals surface area (Å²) in [6.45, 7) is 18.3. The second-order valence-corrected chi connectivity index (χ2v) is 17.0. The molecule has 1 aromatic rings. The highest BCUT2D eigenvalue weighted by Gasteiger charge is 2.34. The summed E-state index contributed by atoms with van der Waals surface area (Å²) in [5.41, 5.74) is 2.41. The van der Waals surface area contributed by atoms with Crippen LogP contribution in [0.25, 0.3) is 0 Å². The first-order valence-electron chi connectivity index (χ1n) is 17.7. The lowest BCUT2D eigenvalue weighted by atomic mass is 9.69. The Bertz CT molecular complexity index is 1070. The molecule has 0 saturated heterocycles. The molecule has 3 saturated carbocycles. The Balaban J connectivity index is 1.45. The average molecular weight is 608 g/mol. The fourth-order valence-electron chi connectivity index (χ4n) is 8.07. The van der Waals surface area contributed by atoms with Crippen molar-refractivity contribution in [1.29, 1.82) is 0 Å². The zero-order chi connectivity index (χ0) is 32.2. The van der Waals surface area contributed by atoms with E-state index in [4.69, 9.17) is 0 Å². The molecule has 0 atom stereocenters. The second-order valence-electron chi connectivity index (χ2n) is 17.0. The normalized spacial score (nSPS) is 28.3. The number of hydrogen-bond donors (Lipinski definition) is 3. The van der Waals surface area contributed by atoms with E-state index in [9.17, 15) is 14.4 Å². The Morgan fingerprint density at radius 1 is 0.523 bits per heavy atom. The molecule has 3 aliphatic carbocycles. The Kier molecular flexibility index (Phi) is 11.3. The standard InChI is InChI=1S/C38H61N3O3/c1-24(2)25-9-11-26(12-10-25)34(42)39-31-21-32(40-35(43)27-13-17-29(18-14-27)37(3,4)5)23-33(22-31)41-36(44)28-15-19-30(20-16-28)38(6,7)8/h21-30H,9-20H2,1-8H3,(H,39,42)(H,40,43)(H,41,44). The molecule has 3 N–H and O–H groups in total. The summed E-state index contributed by atoms with van der Waals surface area (Å²) in [5.74, 6) is 2.69. The fourth-order valence-corrected chi connectivity index (χ4v) is 8.07. The van der Waals surface area contributed by atoms with E-state index in [1.807, 2.05) is 18.2 Å². The van der Waals surface area contributed by atoms with E-state index in [-0.39, 0.29) is 46.3 Å². The first kappa shape index (κ1) is 34.5. The van der Waals surface area contributed by atoms with Crippen LogP contribution in [0.15, 0.2) is 18.2 Å². The number of rotatable bonds is 7. The molecule has 44 heavy (non-hydrogen) atoms. The van der Waals surface area contributed by atoms with Gasteiger partial charge in [0.2, 0.25) is 17.7 Å². The monoisotopic (exact) mass is 607 g/mol. The maximum atomic E-state index is 13.4. The van der Waals surface area contributed by atoms with Crippen LogP contribution in [0.5, 0.6) is 0 Å². The highest BCUT2D eigenvalue weighted by molar-refractivity contribution is 5.99. The number of anilines is 3. The van der Waals surface area contributed by atoms with Gasteiger partial charge in [-0.3, -0.25) is 14.4 Å². The Labute approximate surface area is 267 Å². The maximum absolute atomic E-state index is 13.4. The smallest absolute Gasteiger partial charge is 0.227 e. The van der Waals surface area contributed by atoms with E-state index in [1.165, 1.54) is 0 Å². The van der Waals surface area contributed by atoms with Crippen LogP contribution in [-0.2, 0) is 14.4 Å². The van der Waals surface area contributed by atoms with Crippen LogP contribution in [0.1, 0.15) is 132 Å². The van der Waals surface area contributed by atoms with Gasteiger partial charge in [0.15, 0.2) is 0 Å². The third-order valence-corrected chi connectivity index (χ3v) is 11.5. The highest BCUT2D eigenvalue weighted by atomic mass is 16.2. The van der Waals surface area contributed by atoms with Crippen LogP contribution in [0.2, 0.25) is 0 Å². The lowest BCUT2D eigenvalue weighted by molar-refractivity contribution is -0.122. The lowest BCUT2D eigenvalue weighted by Gasteiger charge is -2.36. The largest absolute Gasteiger partial charge is 0.326 e. The zero-order valence-electron chi connectivity index (χ0n) is 29.0. The summed E-state index contributed by atoms with van der Waals surface area (Å²) < 4.78 is 0. The number of hydrogen-bond acceptors (Lipinski definition) is 3. The quantitative estimate of drug-likeness (QED) is 0.288. The SMILES string of the molecule is CC(C)C1CCC(C(=O)Nc2cc(NC(=O)C3CCC(C(C)(C)C)CC3)cc(NC(=O)C3CCC(C(C)(C)C)CC3)c2)CC1. The van der Waals surface area contributed by atoms with Crippen molar-refractivity contribution in [2.75, 3.05) is 16.0 Å². The summed E-state index contributed by atoms with van der Waals surface area (Å²) in [4.78, 5) is 40.1. The van der Waals surface area contributed by atoms with E-state index < -0.39 is 0 Å². The van der Waals surface area contributed by atoms with E-state index in [1.54, 1.807) is 0 Å². The summed E-state index contributed by atoms with van der Waals surface area (Å²) in [6, 6.07) is 5.54. The molecule has 6 heteroatoms. The zero-order valence-corrected chi connectivity index (χ0v) is 29.0. The molecule has 0 spiro atoms. The van der Waals surface area contributed by atoms with Crippen LogP contribution in [0.4, 0.5) is 17.1 Å².